The molecule has 0 spiro atoms. The van der Waals surface area contributed by atoms with Crippen molar-refractivity contribution < 1.29 is 22.0 Å². The maximum absolute atomic E-state index is 10.00. The molecule has 0 radical (unpaired) electrons. The van der Waals surface area contributed by atoms with E-state index in [1.807, 2.05) is 6.92 Å². The highest BCUT2D eigenvalue weighted by Gasteiger charge is 2.14. The van der Waals surface area contributed by atoms with Crippen LogP contribution in [0.1, 0.15) is 110 Å². The highest BCUT2D eigenvalue weighted by atomic mass is 35.5. The van der Waals surface area contributed by atoms with Crippen LogP contribution in [0.2, 0.25) is 0 Å². The van der Waals surface area contributed by atoms with Crippen molar-refractivity contribution in [3.8, 4) is 0 Å². The Morgan fingerprint density at radius 3 is 1.54 bits per heavy atom. The molecule has 3 nitrogen and oxygen atoms in total. The summed E-state index contributed by atoms with van der Waals surface area (Å²) in [5.74, 6) is 0. The van der Waals surface area contributed by atoms with Crippen molar-refractivity contribution in [1.29, 1.82) is 0 Å². The van der Waals surface area contributed by atoms with Gasteiger partial charge in [0.2, 0.25) is 0 Å². The highest BCUT2D eigenvalue weighted by molar-refractivity contribution is 4.72. The van der Waals surface area contributed by atoms with Crippen LogP contribution >= 0.6 is 0 Å². The summed E-state index contributed by atoms with van der Waals surface area (Å²) in [4.78, 5) is 0. The summed E-state index contributed by atoms with van der Waals surface area (Å²) in [6.07, 6.45) is 20.2. The van der Waals surface area contributed by atoms with E-state index in [0.717, 1.165) is 17.4 Å². The number of nitrogens with one attached hydrogen (secondary N) is 1. The minimum Gasteiger partial charge on any atom is -1.00 e. The third kappa shape index (κ3) is 22.5. The molecule has 0 amide bonds. The summed E-state index contributed by atoms with van der Waals surface area (Å²) in [6, 6.07) is 0.269. The minimum atomic E-state index is -0.244. The first-order chi connectivity index (χ1) is 12.9. The third-order valence-corrected chi connectivity index (χ3v) is 5.61. The SMILES string of the molecule is CCCCCCCCCCCCCCCC(NCCC[N+](C)(C)C)C(C)O.[Cl-]. The van der Waals surface area contributed by atoms with Gasteiger partial charge in [0.15, 0.2) is 0 Å². The van der Waals surface area contributed by atoms with Gasteiger partial charge in [0.1, 0.15) is 0 Å². The smallest absolute Gasteiger partial charge is 0.0792 e. The summed E-state index contributed by atoms with van der Waals surface area (Å²) in [6.45, 7) is 6.41. The zero-order chi connectivity index (χ0) is 20.4. The first-order valence-electron chi connectivity index (χ1n) is 12.1. The Hall–Kier alpha value is 0.170. The maximum atomic E-state index is 10.00. The van der Waals surface area contributed by atoms with E-state index < -0.39 is 0 Å². The lowest BCUT2D eigenvalue weighted by molar-refractivity contribution is -0.870. The molecule has 0 heterocycles. The fraction of sp³-hybridized carbons (Fsp3) is 1.00. The summed E-state index contributed by atoms with van der Waals surface area (Å²) in [5, 5.41) is 13.6. The van der Waals surface area contributed by atoms with Gasteiger partial charge in [-0.2, -0.15) is 0 Å². The maximum Gasteiger partial charge on any atom is 0.0792 e. The Bertz CT molecular complexity index is 305. The van der Waals surface area contributed by atoms with Crippen molar-refractivity contribution in [3.63, 3.8) is 0 Å². The van der Waals surface area contributed by atoms with E-state index in [-0.39, 0.29) is 24.6 Å². The number of aliphatic hydroxyl groups is 1. The molecule has 4 heteroatoms. The molecule has 0 saturated heterocycles. The third-order valence-electron chi connectivity index (χ3n) is 5.61. The molecule has 172 valence electrons. The second-order valence-electron chi connectivity index (χ2n) is 9.70. The van der Waals surface area contributed by atoms with Gasteiger partial charge in [0, 0.05) is 19.0 Å². The zero-order valence-electron chi connectivity index (χ0n) is 19.9. The number of halogens is 1. The van der Waals surface area contributed by atoms with Crippen LogP contribution < -0.4 is 17.7 Å². The number of unbranched alkanes of at least 4 members (excludes halogenated alkanes) is 12. The van der Waals surface area contributed by atoms with Gasteiger partial charge in [-0.05, 0) is 13.3 Å². The Labute approximate surface area is 184 Å². The summed E-state index contributed by atoms with van der Waals surface area (Å²) < 4.78 is 1.01. The Balaban J connectivity index is 0. The lowest BCUT2D eigenvalue weighted by atomic mass is 10.0. The minimum absolute atomic E-state index is 0. The van der Waals surface area contributed by atoms with E-state index in [9.17, 15) is 5.11 Å². The van der Waals surface area contributed by atoms with Crippen molar-refractivity contribution in [2.45, 2.75) is 122 Å². The average molecular weight is 421 g/mol. The fourth-order valence-corrected chi connectivity index (χ4v) is 3.74. The van der Waals surface area contributed by atoms with Crippen LogP contribution in [-0.4, -0.2) is 56.0 Å². The molecule has 0 bridgehead atoms. The molecule has 0 saturated carbocycles. The molecule has 0 aliphatic carbocycles. The Morgan fingerprint density at radius 1 is 0.714 bits per heavy atom. The Kier molecular flexibility index (Phi) is 22.2. The quantitative estimate of drug-likeness (QED) is 0.234. The molecule has 28 heavy (non-hydrogen) atoms. The molecule has 0 rings (SSSR count). The molecule has 2 N–H and O–H groups in total. The monoisotopic (exact) mass is 420 g/mol. The van der Waals surface area contributed by atoms with Gasteiger partial charge in [-0.1, -0.05) is 90.4 Å². The van der Waals surface area contributed by atoms with Gasteiger partial charge in [-0.25, -0.2) is 0 Å². The Morgan fingerprint density at radius 2 is 1.14 bits per heavy atom. The van der Waals surface area contributed by atoms with Gasteiger partial charge in [-0.3, -0.25) is 0 Å². The number of hydrogen-bond donors (Lipinski definition) is 2. The van der Waals surface area contributed by atoms with Gasteiger partial charge < -0.3 is 27.3 Å². The molecule has 0 aromatic heterocycles. The molecule has 0 fully saturated rings. The predicted octanol–water partition coefficient (Wildman–Crippen LogP) is 2.91. The lowest BCUT2D eigenvalue weighted by Gasteiger charge is -2.25. The first kappa shape index (κ1) is 30.4. The van der Waals surface area contributed by atoms with Crippen molar-refractivity contribution >= 4 is 0 Å². The average Bonchev–Trinajstić information content (AvgIpc) is 2.59. The molecule has 2 atom stereocenters. The van der Waals surface area contributed by atoms with E-state index in [2.05, 4.69) is 33.4 Å². The summed E-state index contributed by atoms with van der Waals surface area (Å²) in [5.41, 5.74) is 0. The van der Waals surface area contributed by atoms with Crippen LogP contribution in [0.25, 0.3) is 0 Å². The van der Waals surface area contributed by atoms with E-state index in [1.54, 1.807) is 0 Å². The van der Waals surface area contributed by atoms with E-state index in [4.69, 9.17) is 0 Å². The molecular weight excluding hydrogens is 368 g/mol. The van der Waals surface area contributed by atoms with Crippen LogP contribution in [0.5, 0.6) is 0 Å². The van der Waals surface area contributed by atoms with Crippen molar-refractivity contribution in [3.05, 3.63) is 0 Å². The second-order valence-corrected chi connectivity index (χ2v) is 9.70. The number of hydrogen-bond acceptors (Lipinski definition) is 2. The number of rotatable bonds is 20. The lowest BCUT2D eigenvalue weighted by Crippen LogP contribution is -3.00. The summed E-state index contributed by atoms with van der Waals surface area (Å²) >= 11 is 0. The zero-order valence-corrected chi connectivity index (χ0v) is 20.7. The van der Waals surface area contributed by atoms with Crippen LogP contribution in [0.3, 0.4) is 0 Å². The van der Waals surface area contributed by atoms with Crippen LogP contribution in [-0.2, 0) is 0 Å². The van der Waals surface area contributed by atoms with Crippen LogP contribution in [0.4, 0.5) is 0 Å². The standard InChI is InChI=1S/C24H53N2O.ClH/c1-6-7-8-9-10-11-12-13-14-15-16-17-18-20-24(23(2)27)25-21-19-22-26(3,4)5;/h23-25,27H,6-22H2,1-5H3;1H/q+1;/p-1. The summed E-state index contributed by atoms with van der Waals surface area (Å²) in [7, 11) is 6.71. The second kappa shape index (κ2) is 20.4. The van der Waals surface area contributed by atoms with Crippen molar-refractivity contribution in [2.75, 3.05) is 34.2 Å². The van der Waals surface area contributed by atoms with E-state index in [1.165, 1.54) is 96.4 Å². The molecule has 0 aliphatic rings. The number of quaternary nitrogens is 1. The predicted molar refractivity (Wildman–Crippen MR) is 121 cm³/mol. The molecule has 2 unspecified atom stereocenters. The molecule has 0 aromatic carbocycles. The molecule has 0 aliphatic heterocycles. The van der Waals surface area contributed by atoms with E-state index >= 15 is 0 Å². The van der Waals surface area contributed by atoms with Crippen molar-refractivity contribution in [1.82, 2.24) is 5.32 Å². The van der Waals surface area contributed by atoms with E-state index in [0.29, 0.717) is 0 Å². The van der Waals surface area contributed by atoms with Gasteiger partial charge in [-0.15, -0.1) is 0 Å². The van der Waals surface area contributed by atoms with Crippen molar-refractivity contribution in [2.24, 2.45) is 0 Å². The number of aliphatic hydroxyl groups excluding tert-OH is 1. The van der Waals surface area contributed by atoms with Gasteiger partial charge in [0.05, 0.1) is 33.8 Å². The topological polar surface area (TPSA) is 32.3 Å². The highest BCUT2D eigenvalue weighted by Crippen LogP contribution is 2.14. The van der Waals surface area contributed by atoms with Gasteiger partial charge >= 0.3 is 0 Å². The molecule has 0 aromatic rings. The van der Waals surface area contributed by atoms with Gasteiger partial charge in [0.25, 0.3) is 0 Å². The molecular formula is C24H53ClN2O. The first-order valence-corrected chi connectivity index (χ1v) is 12.1. The fourth-order valence-electron chi connectivity index (χ4n) is 3.74. The van der Waals surface area contributed by atoms with Crippen LogP contribution in [0.15, 0.2) is 0 Å². The number of nitrogens with zero attached hydrogens (tertiary/aromatic N) is 1. The largest absolute Gasteiger partial charge is 1.00 e. The normalized spacial score (nSPS) is 13.9. The van der Waals surface area contributed by atoms with Crippen LogP contribution in [0, 0.1) is 0 Å².